The van der Waals surface area contributed by atoms with E-state index in [0.29, 0.717) is 0 Å². The van der Waals surface area contributed by atoms with Crippen molar-refractivity contribution < 1.29 is 0 Å². The van der Waals surface area contributed by atoms with Gasteiger partial charge in [-0.3, -0.25) is 0 Å². The highest BCUT2D eigenvalue weighted by molar-refractivity contribution is 5.26. The first-order chi connectivity index (χ1) is 6.45. The Morgan fingerprint density at radius 1 is 0.615 bits per heavy atom. The molecule has 1 saturated carbocycles. The van der Waals surface area contributed by atoms with Crippen molar-refractivity contribution in [3.05, 3.63) is 48.6 Å². The molecule has 3 rings (SSSR count). The summed E-state index contributed by atoms with van der Waals surface area (Å²) in [7, 11) is 0. The molecule has 0 spiro atoms. The predicted molar refractivity (Wildman–Crippen MR) is 55.1 cm³/mol. The molecule has 0 aromatic rings. The smallest absolute Gasteiger partial charge is 0.00983 e. The van der Waals surface area contributed by atoms with Crippen molar-refractivity contribution in [1.82, 2.24) is 0 Å². The quantitative estimate of drug-likeness (QED) is 0.524. The third kappa shape index (κ3) is 1.05. The Morgan fingerprint density at radius 2 is 1.08 bits per heavy atom. The second-order valence-electron chi connectivity index (χ2n) is 4.26. The van der Waals surface area contributed by atoms with E-state index < -0.39 is 0 Å². The van der Waals surface area contributed by atoms with Gasteiger partial charge in [-0.05, 0) is 30.1 Å². The Morgan fingerprint density at radius 3 is 1.62 bits per heavy atom. The molecule has 66 valence electrons. The first-order valence-electron chi connectivity index (χ1n) is 5.15. The predicted octanol–water partition coefficient (Wildman–Crippen LogP) is 3.11. The summed E-state index contributed by atoms with van der Waals surface area (Å²) in [5, 5.41) is 0. The van der Waals surface area contributed by atoms with Crippen LogP contribution in [0.25, 0.3) is 0 Å². The van der Waals surface area contributed by atoms with Crippen LogP contribution in [0.3, 0.4) is 0 Å². The minimum Gasteiger partial charge on any atom is -0.0808 e. The first kappa shape index (κ1) is 7.37. The fraction of sp³-hybridized carbons (Fsp3) is 0.385. The normalized spacial score (nSPS) is 44.9. The van der Waals surface area contributed by atoms with Crippen LogP contribution >= 0.6 is 0 Å². The van der Waals surface area contributed by atoms with Gasteiger partial charge in [0, 0.05) is 0 Å². The number of hydrogen-bond donors (Lipinski definition) is 0. The molecular weight excluding hydrogens is 156 g/mol. The molecule has 0 nitrogen and oxygen atoms in total. The number of fused-ring (bicyclic) bond motifs is 3. The molecule has 0 aliphatic heterocycles. The van der Waals surface area contributed by atoms with E-state index in [4.69, 9.17) is 0 Å². The molecule has 0 aromatic heterocycles. The van der Waals surface area contributed by atoms with E-state index in [1.807, 2.05) is 0 Å². The maximum absolute atomic E-state index is 2.39. The van der Waals surface area contributed by atoms with E-state index in [9.17, 15) is 0 Å². The van der Waals surface area contributed by atoms with Crippen LogP contribution in [0.1, 0.15) is 6.42 Å². The summed E-state index contributed by atoms with van der Waals surface area (Å²) in [5.41, 5.74) is 0. The monoisotopic (exact) mass is 170 g/mol. The van der Waals surface area contributed by atoms with Gasteiger partial charge in [-0.2, -0.15) is 0 Å². The standard InChI is InChI=1S/C13H14/c1-3-7-12-10(5-1)9-11-6-2-4-8-13(11)12/h1-8,10-13H,9H2. The van der Waals surface area contributed by atoms with Gasteiger partial charge in [0.05, 0.1) is 0 Å². The minimum atomic E-state index is 0.774. The zero-order valence-corrected chi connectivity index (χ0v) is 7.64. The largest absolute Gasteiger partial charge is 0.0808 e. The zero-order valence-electron chi connectivity index (χ0n) is 7.64. The summed E-state index contributed by atoms with van der Waals surface area (Å²) in [4.78, 5) is 0. The summed E-state index contributed by atoms with van der Waals surface area (Å²) in [6.07, 6.45) is 19.7. The van der Waals surface area contributed by atoms with Crippen LogP contribution in [0.15, 0.2) is 48.6 Å². The molecule has 0 heterocycles. The number of hydrogen-bond acceptors (Lipinski definition) is 0. The van der Waals surface area contributed by atoms with Crippen molar-refractivity contribution in [1.29, 1.82) is 0 Å². The molecule has 0 aromatic carbocycles. The molecule has 0 heteroatoms. The third-order valence-electron chi connectivity index (χ3n) is 3.58. The summed E-state index contributed by atoms with van der Waals surface area (Å²) in [6, 6.07) is 0. The van der Waals surface area contributed by atoms with Gasteiger partial charge in [0.25, 0.3) is 0 Å². The third-order valence-corrected chi connectivity index (χ3v) is 3.58. The van der Waals surface area contributed by atoms with E-state index >= 15 is 0 Å². The first-order valence-corrected chi connectivity index (χ1v) is 5.15. The molecule has 3 aliphatic carbocycles. The van der Waals surface area contributed by atoms with E-state index in [2.05, 4.69) is 48.6 Å². The van der Waals surface area contributed by atoms with Crippen molar-refractivity contribution in [3.63, 3.8) is 0 Å². The molecular formula is C13H14. The van der Waals surface area contributed by atoms with E-state index in [1.54, 1.807) is 0 Å². The summed E-state index contributed by atoms with van der Waals surface area (Å²) < 4.78 is 0. The molecule has 0 amide bonds. The van der Waals surface area contributed by atoms with Gasteiger partial charge in [0.2, 0.25) is 0 Å². The van der Waals surface area contributed by atoms with E-state index in [-0.39, 0.29) is 0 Å². The molecule has 0 radical (unpaired) electrons. The lowest BCUT2D eigenvalue weighted by Gasteiger charge is -2.21. The van der Waals surface area contributed by atoms with Gasteiger partial charge >= 0.3 is 0 Å². The van der Waals surface area contributed by atoms with Gasteiger partial charge in [0.15, 0.2) is 0 Å². The highest BCUT2D eigenvalue weighted by Crippen LogP contribution is 2.46. The van der Waals surface area contributed by atoms with Gasteiger partial charge in [-0.1, -0.05) is 48.6 Å². The van der Waals surface area contributed by atoms with E-state index in [0.717, 1.165) is 23.7 Å². The molecule has 1 fully saturated rings. The van der Waals surface area contributed by atoms with Crippen molar-refractivity contribution in [2.75, 3.05) is 0 Å². The molecule has 3 aliphatic rings. The molecule has 4 unspecified atom stereocenters. The van der Waals surface area contributed by atoms with Crippen LogP contribution in [-0.2, 0) is 0 Å². The number of rotatable bonds is 0. The maximum atomic E-state index is 2.39. The van der Waals surface area contributed by atoms with Gasteiger partial charge in [0.1, 0.15) is 0 Å². The SMILES string of the molecule is C1=CC2CC3C=CC=CC3C2C=C1. The Kier molecular flexibility index (Phi) is 1.55. The average molecular weight is 170 g/mol. The summed E-state index contributed by atoms with van der Waals surface area (Å²) >= 11 is 0. The zero-order chi connectivity index (χ0) is 8.67. The van der Waals surface area contributed by atoms with Crippen LogP contribution in [0.4, 0.5) is 0 Å². The fourth-order valence-corrected chi connectivity index (χ4v) is 2.95. The fourth-order valence-electron chi connectivity index (χ4n) is 2.95. The lowest BCUT2D eigenvalue weighted by atomic mass is 9.83. The van der Waals surface area contributed by atoms with Gasteiger partial charge in [-0.15, -0.1) is 0 Å². The lowest BCUT2D eigenvalue weighted by molar-refractivity contribution is 0.461. The Balaban J connectivity index is 1.95. The van der Waals surface area contributed by atoms with Gasteiger partial charge < -0.3 is 0 Å². The molecule has 13 heavy (non-hydrogen) atoms. The Hall–Kier alpha value is -1.04. The van der Waals surface area contributed by atoms with Gasteiger partial charge in [-0.25, -0.2) is 0 Å². The molecule has 0 saturated heterocycles. The van der Waals surface area contributed by atoms with Crippen LogP contribution < -0.4 is 0 Å². The maximum Gasteiger partial charge on any atom is -0.00983 e. The molecule has 0 N–H and O–H groups in total. The summed E-state index contributed by atoms with van der Waals surface area (Å²) in [6.45, 7) is 0. The lowest BCUT2D eigenvalue weighted by Crippen LogP contribution is -2.14. The van der Waals surface area contributed by atoms with Crippen molar-refractivity contribution in [3.8, 4) is 0 Å². The van der Waals surface area contributed by atoms with Crippen LogP contribution in [0.2, 0.25) is 0 Å². The highest BCUT2D eigenvalue weighted by Gasteiger charge is 2.38. The van der Waals surface area contributed by atoms with Crippen molar-refractivity contribution >= 4 is 0 Å². The second-order valence-corrected chi connectivity index (χ2v) is 4.26. The van der Waals surface area contributed by atoms with Crippen LogP contribution in [-0.4, -0.2) is 0 Å². The summed E-state index contributed by atoms with van der Waals surface area (Å²) in [5.74, 6) is 3.15. The minimum absolute atomic E-state index is 0.774. The number of allylic oxidation sites excluding steroid dienone is 8. The van der Waals surface area contributed by atoms with Crippen molar-refractivity contribution in [2.45, 2.75) is 6.42 Å². The molecule has 0 bridgehead atoms. The topological polar surface area (TPSA) is 0 Å². The second kappa shape index (κ2) is 2.73. The Labute approximate surface area is 79.3 Å². The highest BCUT2D eigenvalue weighted by atomic mass is 14.4. The Bertz CT molecular complexity index is 285. The van der Waals surface area contributed by atoms with E-state index in [1.165, 1.54) is 6.42 Å². The van der Waals surface area contributed by atoms with Crippen LogP contribution in [0.5, 0.6) is 0 Å². The van der Waals surface area contributed by atoms with Crippen molar-refractivity contribution in [2.24, 2.45) is 23.7 Å². The molecule has 4 atom stereocenters. The average Bonchev–Trinajstić information content (AvgIpc) is 2.56. The van der Waals surface area contributed by atoms with Crippen LogP contribution in [0, 0.1) is 23.7 Å².